The van der Waals surface area contributed by atoms with E-state index in [4.69, 9.17) is 5.11 Å². The molecule has 1 rings (SSSR count). The summed E-state index contributed by atoms with van der Waals surface area (Å²) in [5, 5.41) is 15.0. The number of rotatable bonds is 5. The van der Waals surface area contributed by atoms with Crippen molar-refractivity contribution in [1.82, 2.24) is 15.1 Å². The number of carboxylic acids is 1. The summed E-state index contributed by atoms with van der Waals surface area (Å²) in [4.78, 5) is 34.0. The number of amides is 1. The molecule has 0 radical (unpaired) electrons. The van der Waals surface area contributed by atoms with Crippen LogP contribution in [-0.4, -0.2) is 33.3 Å². The van der Waals surface area contributed by atoms with Gasteiger partial charge < -0.3 is 10.4 Å². The standard InChI is InChI=1S/C11H15N3O4/c1-3-6-12-10(16)7(2)14-9(15)5-4-8(13-14)11(17)18/h4-5,7H,3,6H2,1-2H3,(H,12,16)(H,17,18). The van der Waals surface area contributed by atoms with Crippen LogP contribution in [0.3, 0.4) is 0 Å². The van der Waals surface area contributed by atoms with Crippen molar-refractivity contribution < 1.29 is 14.7 Å². The summed E-state index contributed by atoms with van der Waals surface area (Å²) in [5.41, 5.74) is -0.788. The van der Waals surface area contributed by atoms with Crippen LogP contribution in [0.15, 0.2) is 16.9 Å². The summed E-state index contributed by atoms with van der Waals surface area (Å²) in [6, 6.07) is 1.35. The van der Waals surface area contributed by atoms with Crippen molar-refractivity contribution >= 4 is 11.9 Å². The first-order valence-corrected chi connectivity index (χ1v) is 5.58. The normalized spacial score (nSPS) is 11.9. The molecule has 1 heterocycles. The molecule has 0 bridgehead atoms. The summed E-state index contributed by atoms with van der Waals surface area (Å²) in [7, 11) is 0. The highest BCUT2D eigenvalue weighted by molar-refractivity contribution is 5.85. The first kappa shape index (κ1) is 13.9. The first-order chi connectivity index (χ1) is 8.47. The number of aromatic carboxylic acids is 1. The molecule has 0 aliphatic carbocycles. The minimum absolute atomic E-state index is 0.273. The lowest BCUT2D eigenvalue weighted by atomic mass is 10.3. The predicted molar refractivity (Wildman–Crippen MR) is 63.5 cm³/mol. The second kappa shape index (κ2) is 5.95. The van der Waals surface area contributed by atoms with Gasteiger partial charge in [0.05, 0.1) is 0 Å². The van der Waals surface area contributed by atoms with Crippen LogP contribution in [0, 0.1) is 0 Å². The van der Waals surface area contributed by atoms with Crippen LogP contribution < -0.4 is 10.9 Å². The summed E-state index contributed by atoms with van der Waals surface area (Å²) in [5.74, 6) is -1.61. The number of carboxylic acid groups (broad SMARTS) is 1. The Balaban J connectivity index is 3.00. The summed E-state index contributed by atoms with van der Waals surface area (Å²) >= 11 is 0. The van der Waals surface area contributed by atoms with Crippen LogP contribution in [0.5, 0.6) is 0 Å². The maximum atomic E-state index is 11.7. The molecule has 0 aliphatic rings. The predicted octanol–water partition coefficient (Wildman–Crippen LogP) is 0.0287. The Morgan fingerprint density at radius 3 is 2.72 bits per heavy atom. The van der Waals surface area contributed by atoms with Gasteiger partial charge in [-0.3, -0.25) is 9.59 Å². The van der Waals surface area contributed by atoms with Crippen LogP contribution in [-0.2, 0) is 4.79 Å². The Hall–Kier alpha value is -2.18. The fourth-order valence-corrected chi connectivity index (χ4v) is 1.32. The lowest BCUT2D eigenvalue weighted by Crippen LogP contribution is -2.37. The lowest BCUT2D eigenvalue weighted by Gasteiger charge is -2.13. The molecule has 7 nitrogen and oxygen atoms in total. The van der Waals surface area contributed by atoms with Crippen molar-refractivity contribution in [3.63, 3.8) is 0 Å². The van der Waals surface area contributed by atoms with Crippen molar-refractivity contribution in [1.29, 1.82) is 0 Å². The fourth-order valence-electron chi connectivity index (χ4n) is 1.32. The van der Waals surface area contributed by atoms with Gasteiger partial charge in [0, 0.05) is 12.6 Å². The smallest absolute Gasteiger partial charge is 0.356 e. The van der Waals surface area contributed by atoms with Gasteiger partial charge in [0.25, 0.3) is 5.56 Å². The van der Waals surface area contributed by atoms with Gasteiger partial charge in [-0.25, -0.2) is 9.48 Å². The van der Waals surface area contributed by atoms with Crippen LogP contribution in [0.1, 0.15) is 36.8 Å². The zero-order chi connectivity index (χ0) is 13.7. The van der Waals surface area contributed by atoms with E-state index in [0.29, 0.717) is 6.54 Å². The molecule has 0 aromatic carbocycles. The molecule has 1 amide bonds. The van der Waals surface area contributed by atoms with Crippen LogP contribution >= 0.6 is 0 Å². The number of aromatic nitrogens is 2. The van der Waals surface area contributed by atoms with E-state index < -0.39 is 17.6 Å². The monoisotopic (exact) mass is 253 g/mol. The quantitative estimate of drug-likeness (QED) is 0.770. The van der Waals surface area contributed by atoms with Crippen molar-refractivity contribution in [3.8, 4) is 0 Å². The highest BCUT2D eigenvalue weighted by Crippen LogP contribution is 2.01. The Labute approximate surface area is 103 Å². The Morgan fingerprint density at radius 1 is 1.50 bits per heavy atom. The molecule has 7 heteroatoms. The van der Waals surface area contributed by atoms with E-state index in [9.17, 15) is 14.4 Å². The number of hydrogen-bond donors (Lipinski definition) is 2. The van der Waals surface area contributed by atoms with Gasteiger partial charge in [-0.1, -0.05) is 6.92 Å². The minimum Gasteiger partial charge on any atom is -0.476 e. The maximum Gasteiger partial charge on any atom is 0.356 e. The van der Waals surface area contributed by atoms with Gasteiger partial charge in [-0.05, 0) is 19.4 Å². The van der Waals surface area contributed by atoms with E-state index in [2.05, 4.69) is 10.4 Å². The Morgan fingerprint density at radius 2 is 2.17 bits per heavy atom. The lowest BCUT2D eigenvalue weighted by molar-refractivity contribution is -0.124. The van der Waals surface area contributed by atoms with E-state index >= 15 is 0 Å². The number of nitrogens with one attached hydrogen (secondary N) is 1. The van der Waals surface area contributed by atoms with E-state index in [0.717, 1.165) is 23.2 Å². The molecular formula is C11H15N3O4. The maximum absolute atomic E-state index is 11.7. The average Bonchev–Trinajstić information content (AvgIpc) is 2.35. The highest BCUT2D eigenvalue weighted by atomic mass is 16.4. The van der Waals surface area contributed by atoms with Gasteiger partial charge in [0.2, 0.25) is 5.91 Å². The summed E-state index contributed by atoms with van der Waals surface area (Å²) in [6.07, 6.45) is 0.774. The summed E-state index contributed by atoms with van der Waals surface area (Å²) < 4.78 is 0.869. The molecule has 1 atom stereocenters. The van der Waals surface area contributed by atoms with E-state index in [1.807, 2.05) is 6.92 Å². The SMILES string of the molecule is CCCNC(=O)C(C)n1nc(C(=O)O)ccc1=O. The number of carbonyl (C=O) groups excluding carboxylic acids is 1. The van der Waals surface area contributed by atoms with E-state index in [1.54, 1.807) is 0 Å². The van der Waals surface area contributed by atoms with E-state index in [1.165, 1.54) is 6.92 Å². The molecule has 1 unspecified atom stereocenters. The first-order valence-electron chi connectivity index (χ1n) is 5.58. The average molecular weight is 253 g/mol. The van der Waals surface area contributed by atoms with Crippen molar-refractivity contribution in [2.75, 3.05) is 6.54 Å². The third-order valence-corrected chi connectivity index (χ3v) is 2.34. The molecular weight excluding hydrogens is 238 g/mol. The zero-order valence-electron chi connectivity index (χ0n) is 10.2. The molecule has 0 fully saturated rings. The number of carbonyl (C=O) groups is 2. The molecule has 1 aromatic rings. The van der Waals surface area contributed by atoms with Crippen LogP contribution in [0.4, 0.5) is 0 Å². The van der Waals surface area contributed by atoms with Gasteiger partial charge >= 0.3 is 5.97 Å². The van der Waals surface area contributed by atoms with Crippen molar-refractivity contribution in [2.45, 2.75) is 26.3 Å². The molecule has 2 N–H and O–H groups in total. The van der Waals surface area contributed by atoms with Crippen molar-refractivity contribution in [3.05, 3.63) is 28.2 Å². The molecule has 0 spiro atoms. The van der Waals surface area contributed by atoms with Gasteiger partial charge in [0.15, 0.2) is 5.69 Å². The second-order valence-corrected chi connectivity index (χ2v) is 3.77. The molecule has 18 heavy (non-hydrogen) atoms. The second-order valence-electron chi connectivity index (χ2n) is 3.77. The molecule has 0 saturated heterocycles. The van der Waals surface area contributed by atoms with Gasteiger partial charge in [-0.2, -0.15) is 5.10 Å². The third kappa shape index (κ3) is 3.16. The Kier molecular flexibility index (Phi) is 4.59. The molecule has 1 aromatic heterocycles. The fraction of sp³-hybridized carbons (Fsp3) is 0.455. The molecule has 98 valence electrons. The Bertz CT molecular complexity index is 509. The van der Waals surface area contributed by atoms with Crippen LogP contribution in [0.25, 0.3) is 0 Å². The summed E-state index contributed by atoms with van der Waals surface area (Å²) in [6.45, 7) is 3.89. The van der Waals surface area contributed by atoms with E-state index in [-0.39, 0.29) is 11.6 Å². The van der Waals surface area contributed by atoms with Crippen molar-refractivity contribution in [2.24, 2.45) is 0 Å². The third-order valence-electron chi connectivity index (χ3n) is 2.34. The molecule has 0 aliphatic heterocycles. The number of hydrogen-bond acceptors (Lipinski definition) is 4. The zero-order valence-corrected chi connectivity index (χ0v) is 10.2. The minimum atomic E-state index is -1.25. The topological polar surface area (TPSA) is 101 Å². The van der Waals surface area contributed by atoms with Crippen LogP contribution in [0.2, 0.25) is 0 Å². The number of nitrogens with zero attached hydrogens (tertiary/aromatic N) is 2. The van der Waals surface area contributed by atoms with Gasteiger partial charge in [0.1, 0.15) is 6.04 Å². The molecule has 0 saturated carbocycles. The van der Waals surface area contributed by atoms with Gasteiger partial charge in [-0.15, -0.1) is 0 Å². The largest absolute Gasteiger partial charge is 0.476 e. The highest BCUT2D eigenvalue weighted by Gasteiger charge is 2.18.